The maximum atomic E-state index is 10.9. The van der Waals surface area contributed by atoms with Gasteiger partial charge in [-0.25, -0.2) is 4.98 Å². The number of aromatic nitrogens is 2. The van der Waals surface area contributed by atoms with Crippen LogP contribution in [0, 0.1) is 10.1 Å². The Morgan fingerprint density at radius 3 is 2.79 bits per heavy atom. The average Bonchev–Trinajstić information content (AvgIpc) is 2.38. The molecule has 0 atom stereocenters. The maximum absolute atomic E-state index is 10.9. The van der Waals surface area contributed by atoms with Crippen molar-refractivity contribution in [1.29, 1.82) is 0 Å². The molecule has 0 N–H and O–H groups in total. The van der Waals surface area contributed by atoms with E-state index in [-0.39, 0.29) is 17.3 Å². The quantitative estimate of drug-likeness (QED) is 0.488. The highest BCUT2D eigenvalue weighted by Gasteiger charge is 2.15. The molecule has 0 aliphatic heterocycles. The topological polar surface area (TPSA) is 78.2 Å². The lowest BCUT2D eigenvalue weighted by molar-refractivity contribution is -0.385. The van der Waals surface area contributed by atoms with Gasteiger partial charge in [-0.15, -0.1) is 0 Å². The van der Waals surface area contributed by atoms with Crippen molar-refractivity contribution in [2.24, 2.45) is 0 Å². The fourth-order valence-corrected chi connectivity index (χ4v) is 1.86. The highest BCUT2D eigenvalue weighted by atomic mass is 79.9. The van der Waals surface area contributed by atoms with Gasteiger partial charge in [-0.1, -0.05) is 19.1 Å². The SMILES string of the molecule is CCc1nc(Br)cc(Oc2ccccc2[N+](=O)[O-])n1. The Morgan fingerprint density at radius 2 is 2.11 bits per heavy atom. The van der Waals surface area contributed by atoms with Crippen molar-refractivity contribution in [3.8, 4) is 11.6 Å². The van der Waals surface area contributed by atoms with Gasteiger partial charge in [0.25, 0.3) is 0 Å². The Balaban J connectivity index is 2.36. The summed E-state index contributed by atoms with van der Waals surface area (Å²) in [6.07, 6.45) is 0.646. The van der Waals surface area contributed by atoms with Crippen molar-refractivity contribution in [1.82, 2.24) is 9.97 Å². The minimum absolute atomic E-state index is 0.102. The van der Waals surface area contributed by atoms with Gasteiger partial charge in [0.2, 0.25) is 11.6 Å². The van der Waals surface area contributed by atoms with E-state index in [1.54, 1.807) is 18.2 Å². The standard InChI is InChI=1S/C12H10BrN3O3/c1-2-11-14-10(13)7-12(15-11)19-9-6-4-3-5-8(9)16(17)18/h3-7H,2H2,1H3. The Hall–Kier alpha value is -2.02. The van der Waals surface area contributed by atoms with Crippen LogP contribution in [0.25, 0.3) is 0 Å². The lowest BCUT2D eigenvalue weighted by atomic mass is 10.3. The van der Waals surface area contributed by atoms with Gasteiger partial charge < -0.3 is 4.74 Å². The van der Waals surface area contributed by atoms with E-state index < -0.39 is 4.92 Å². The van der Waals surface area contributed by atoms with Crippen LogP contribution in [0.2, 0.25) is 0 Å². The third kappa shape index (κ3) is 3.25. The van der Waals surface area contributed by atoms with Crippen molar-refractivity contribution in [3.05, 3.63) is 50.9 Å². The molecule has 0 saturated carbocycles. The number of nitro benzene ring substituents is 1. The highest BCUT2D eigenvalue weighted by Crippen LogP contribution is 2.30. The molecule has 0 unspecified atom stereocenters. The largest absolute Gasteiger partial charge is 0.432 e. The molecule has 1 aromatic heterocycles. The number of nitro groups is 1. The smallest absolute Gasteiger partial charge is 0.311 e. The summed E-state index contributed by atoms with van der Waals surface area (Å²) in [6, 6.07) is 7.72. The van der Waals surface area contributed by atoms with E-state index >= 15 is 0 Å². The fourth-order valence-electron chi connectivity index (χ4n) is 1.46. The lowest BCUT2D eigenvalue weighted by Gasteiger charge is -2.06. The molecule has 0 spiro atoms. The van der Waals surface area contributed by atoms with Crippen molar-refractivity contribution >= 4 is 21.6 Å². The second-order valence-corrected chi connectivity index (χ2v) is 4.44. The van der Waals surface area contributed by atoms with Gasteiger partial charge in [-0.3, -0.25) is 10.1 Å². The number of ether oxygens (including phenoxy) is 1. The summed E-state index contributed by atoms with van der Waals surface area (Å²) in [5.41, 5.74) is -0.102. The van der Waals surface area contributed by atoms with Gasteiger partial charge in [-0.05, 0) is 22.0 Å². The van der Waals surface area contributed by atoms with E-state index in [2.05, 4.69) is 25.9 Å². The van der Waals surface area contributed by atoms with Gasteiger partial charge >= 0.3 is 5.69 Å². The van der Waals surface area contributed by atoms with Crippen LogP contribution in [-0.2, 0) is 6.42 Å². The molecule has 7 heteroatoms. The van der Waals surface area contributed by atoms with Crippen LogP contribution in [0.4, 0.5) is 5.69 Å². The molecule has 0 aliphatic carbocycles. The van der Waals surface area contributed by atoms with Crippen LogP contribution < -0.4 is 4.74 Å². The van der Waals surface area contributed by atoms with E-state index in [4.69, 9.17) is 4.74 Å². The first-order chi connectivity index (χ1) is 9.10. The first kappa shape index (κ1) is 13.4. The van der Waals surface area contributed by atoms with Gasteiger partial charge in [-0.2, -0.15) is 4.98 Å². The number of hydrogen-bond donors (Lipinski definition) is 0. The molecule has 1 aromatic carbocycles. The fraction of sp³-hybridized carbons (Fsp3) is 0.167. The Kier molecular flexibility index (Phi) is 4.06. The van der Waals surface area contributed by atoms with Crippen molar-refractivity contribution in [2.75, 3.05) is 0 Å². The van der Waals surface area contributed by atoms with Gasteiger partial charge in [0.1, 0.15) is 10.4 Å². The number of nitrogens with zero attached hydrogens (tertiary/aromatic N) is 3. The third-order valence-corrected chi connectivity index (χ3v) is 2.72. The highest BCUT2D eigenvalue weighted by molar-refractivity contribution is 9.10. The number of para-hydroxylation sites is 2. The third-order valence-electron chi connectivity index (χ3n) is 2.31. The molecule has 0 radical (unpaired) electrons. The van der Waals surface area contributed by atoms with E-state index in [9.17, 15) is 10.1 Å². The van der Waals surface area contributed by atoms with Gasteiger partial charge in [0.05, 0.1) is 4.92 Å². The maximum Gasteiger partial charge on any atom is 0.311 e. The van der Waals surface area contributed by atoms with Crippen LogP contribution in [0.3, 0.4) is 0 Å². The van der Waals surface area contributed by atoms with E-state index in [0.717, 1.165) is 0 Å². The molecule has 0 saturated heterocycles. The van der Waals surface area contributed by atoms with Gasteiger partial charge in [0, 0.05) is 18.6 Å². The molecule has 6 nitrogen and oxygen atoms in total. The molecule has 0 fully saturated rings. The predicted molar refractivity (Wildman–Crippen MR) is 72.3 cm³/mol. The summed E-state index contributed by atoms with van der Waals surface area (Å²) >= 11 is 3.25. The first-order valence-electron chi connectivity index (χ1n) is 5.55. The van der Waals surface area contributed by atoms with E-state index in [0.29, 0.717) is 16.8 Å². The van der Waals surface area contributed by atoms with Crippen molar-refractivity contribution in [3.63, 3.8) is 0 Å². The number of hydrogen-bond acceptors (Lipinski definition) is 5. The molecule has 2 rings (SSSR count). The number of benzene rings is 1. The van der Waals surface area contributed by atoms with E-state index in [1.165, 1.54) is 12.1 Å². The number of aryl methyl sites for hydroxylation is 1. The predicted octanol–water partition coefficient (Wildman–Crippen LogP) is 3.50. The zero-order chi connectivity index (χ0) is 13.8. The van der Waals surface area contributed by atoms with Crippen LogP contribution in [0.5, 0.6) is 11.6 Å². The normalized spacial score (nSPS) is 10.2. The zero-order valence-electron chi connectivity index (χ0n) is 10.0. The molecule has 98 valence electrons. The number of halogens is 1. The summed E-state index contributed by atoms with van der Waals surface area (Å²) in [5.74, 6) is 1.02. The monoisotopic (exact) mass is 323 g/mol. The van der Waals surface area contributed by atoms with Crippen LogP contribution in [-0.4, -0.2) is 14.9 Å². The summed E-state index contributed by atoms with van der Waals surface area (Å²) < 4.78 is 6.05. The summed E-state index contributed by atoms with van der Waals surface area (Å²) in [4.78, 5) is 18.7. The minimum atomic E-state index is -0.494. The molecule has 2 aromatic rings. The molecular formula is C12H10BrN3O3. The Morgan fingerprint density at radius 1 is 1.37 bits per heavy atom. The second kappa shape index (κ2) is 5.75. The Bertz CT molecular complexity index is 619. The van der Waals surface area contributed by atoms with Crippen LogP contribution in [0.15, 0.2) is 34.9 Å². The molecule has 0 amide bonds. The second-order valence-electron chi connectivity index (χ2n) is 3.63. The average molecular weight is 324 g/mol. The molecule has 1 heterocycles. The molecule has 0 bridgehead atoms. The van der Waals surface area contributed by atoms with Crippen LogP contribution in [0.1, 0.15) is 12.7 Å². The number of rotatable bonds is 4. The van der Waals surface area contributed by atoms with Crippen molar-refractivity contribution in [2.45, 2.75) is 13.3 Å². The molecule has 19 heavy (non-hydrogen) atoms. The van der Waals surface area contributed by atoms with E-state index in [1.807, 2.05) is 6.92 Å². The lowest BCUT2D eigenvalue weighted by Crippen LogP contribution is -1.98. The summed E-state index contributed by atoms with van der Waals surface area (Å²) in [5, 5.41) is 10.9. The first-order valence-corrected chi connectivity index (χ1v) is 6.34. The van der Waals surface area contributed by atoms with Crippen LogP contribution >= 0.6 is 15.9 Å². The molecule has 0 aliphatic rings. The zero-order valence-corrected chi connectivity index (χ0v) is 11.6. The Labute approximate surface area is 117 Å². The summed E-state index contributed by atoms with van der Waals surface area (Å²) in [7, 11) is 0. The van der Waals surface area contributed by atoms with Gasteiger partial charge in [0.15, 0.2) is 0 Å². The summed E-state index contributed by atoms with van der Waals surface area (Å²) in [6.45, 7) is 1.91. The molecular weight excluding hydrogens is 314 g/mol. The minimum Gasteiger partial charge on any atom is -0.432 e. The van der Waals surface area contributed by atoms with Crippen molar-refractivity contribution < 1.29 is 9.66 Å².